The van der Waals surface area contributed by atoms with E-state index in [9.17, 15) is 0 Å². The summed E-state index contributed by atoms with van der Waals surface area (Å²) in [7, 11) is 1.71. The van der Waals surface area contributed by atoms with Gasteiger partial charge in [-0.25, -0.2) is 0 Å². The third kappa shape index (κ3) is 6.06. The molecule has 3 heteroatoms. The maximum atomic E-state index is 6.16. The molecule has 0 amide bonds. The second-order valence-corrected chi connectivity index (χ2v) is 7.13. The van der Waals surface area contributed by atoms with E-state index in [0.29, 0.717) is 11.5 Å². The minimum atomic E-state index is 0.100. The summed E-state index contributed by atoms with van der Waals surface area (Å²) in [6.07, 6.45) is 3.76. The first-order chi connectivity index (χ1) is 9.98. The zero-order valence-electron chi connectivity index (χ0n) is 13.8. The molecule has 1 saturated carbocycles. The monoisotopic (exact) mass is 291 g/mol. The maximum absolute atomic E-state index is 6.16. The minimum Gasteiger partial charge on any atom is -0.497 e. The van der Waals surface area contributed by atoms with Crippen LogP contribution in [0.1, 0.15) is 51.7 Å². The standard InChI is InChI=1S/C18H29NO2/c1-18(2,3)10-11-21-17(13-19-15-8-9-15)14-6-5-7-16(12-14)20-4/h5-7,12,15,17,19H,8-11,13H2,1-4H3. The quantitative estimate of drug-likeness (QED) is 0.787. The second-order valence-electron chi connectivity index (χ2n) is 7.13. The molecule has 2 rings (SSSR count). The van der Waals surface area contributed by atoms with Gasteiger partial charge < -0.3 is 14.8 Å². The number of benzene rings is 1. The fourth-order valence-corrected chi connectivity index (χ4v) is 2.18. The Labute approximate surface area is 129 Å². The van der Waals surface area contributed by atoms with Crippen molar-refractivity contribution in [3.8, 4) is 5.75 Å². The number of methoxy groups -OCH3 is 1. The molecule has 21 heavy (non-hydrogen) atoms. The predicted molar refractivity (Wildman–Crippen MR) is 86.8 cm³/mol. The molecule has 1 N–H and O–H groups in total. The number of nitrogens with one attached hydrogen (secondary N) is 1. The summed E-state index contributed by atoms with van der Waals surface area (Å²) in [5, 5.41) is 3.57. The first kappa shape index (κ1) is 16.3. The van der Waals surface area contributed by atoms with Gasteiger partial charge in [0.1, 0.15) is 5.75 Å². The van der Waals surface area contributed by atoms with Crippen molar-refractivity contribution in [2.45, 2.75) is 52.2 Å². The highest BCUT2D eigenvalue weighted by Gasteiger charge is 2.23. The second kappa shape index (κ2) is 7.28. The number of rotatable bonds is 8. The number of hydrogen-bond acceptors (Lipinski definition) is 3. The van der Waals surface area contributed by atoms with Crippen molar-refractivity contribution < 1.29 is 9.47 Å². The molecule has 1 atom stereocenters. The van der Waals surface area contributed by atoms with Crippen molar-refractivity contribution in [2.75, 3.05) is 20.3 Å². The smallest absolute Gasteiger partial charge is 0.119 e. The van der Waals surface area contributed by atoms with Crippen molar-refractivity contribution >= 4 is 0 Å². The molecule has 1 aliphatic carbocycles. The van der Waals surface area contributed by atoms with E-state index in [2.05, 4.69) is 38.2 Å². The average molecular weight is 291 g/mol. The van der Waals surface area contributed by atoms with Crippen molar-refractivity contribution in [1.29, 1.82) is 0 Å². The lowest BCUT2D eigenvalue weighted by Crippen LogP contribution is -2.26. The highest BCUT2D eigenvalue weighted by atomic mass is 16.5. The molecule has 0 aliphatic heterocycles. The molecule has 0 saturated heterocycles. The Bertz CT molecular complexity index is 435. The maximum Gasteiger partial charge on any atom is 0.119 e. The van der Waals surface area contributed by atoms with E-state index < -0.39 is 0 Å². The molecule has 1 fully saturated rings. The predicted octanol–water partition coefficient (Wildman–Crippen LogP) is 3.94. The Morgan fingerprint density at radius 2 is 2.05 bits per heavy atom. The minimum absolute atomic E-state index is 0.100. The summed E-state index contributed by atoms with van der Waals surface area (Å²) in [6, 6.07) is 8.91. The molecular formula is C18H29NO2. The largest absolute Gasteiger partial charge is 0.497 e. The zero-order chi connectivity index (χ0) is 15.3. The highest BCUT2D eigenvalue weighted by Crippen LogP contribution is 2.26. The molecule has 0 radical (unpaired) electrons. The van der Waals surface area contributed by atoms with E-state index in [1.807, 2.05) is 12.1 Å². The van der Waals surface area contributed by atoms with Crippen LogP contribution in [0.25, 0.3) is 0 Å². The molecular weight excluding hydrogens is 262 g/mol. The van der Waals surface area contributed by atoms with Crippen LogP contribution >= 0.6 is 0 Å². The van der Waals surface area contributed by atoms with Gasteiger partial charge in [0.15, 0.2) is 0 Å². The summed E-state index contributed by atoms with van der Waals surface area (Å²) < 4.78 is 11.5. The van der Waals surface area contributed by atoms with Crippen molar-refractivity contribution in [1.82, 2.24) is 5.32 Å². The number of ether oxygens (including phenoxy) is 2. The molecule has 0 spiro atoms. The lowest BCUT2D eigenvalue weighted by atomic mass is 9.93. The van der Waals surface area contributed by atoms with Gasteiger partial charge in [0.2, 0.25) is 0 Å². The third-order valence-electron chi connectivity index (χ3n) is 3.81. The van der Waals surface area contributed by atoms with Crippen LogP contribution in [0.4, 0.5) is 0 Å². The van der Waals surface area contributed by atoms with E-state index in [4.69, 9.17) is 9.47 Å². The van der Waals surface area contributed by atoms with E-state index in [-0.39, 0.29) is 6.10 Å². The molecule has 0 aromatic heterocycles. The molecule has 1 unspecified atom stereocenters. The van der Waals surface area contributed by atoms with Gasteiger partial charge in [-0.15, -0.1) is 0 Å². The van der Waals surface area contributed by atoms with Crippen LogP contribution in [-0.2, 0) is 4.74 Å². The Morgan fingerprint density at radius 1 is 1.29 bits per heavy atom. The van der Waals surface area contributed by atoms with E-state index in [0.717, 1.165) is 25.3 Å². The van der Waals surface area contributed by atoms with Crippen molar-refractivity contribution in [3.05, 3.63) is 29.8 Å². The molecule has 3 nitrogen and oxygen atoms in total. The van der Waals surface area contributed by atoms with Gasteiger partial charge in [0.05, 0.1) is 13.2 Å². The number of hydrogen-bond donors (Lipinski definition) is 1. The lowest BCUT2D eigenvalue weighted by molar-refractivity contribution is 0.0366. The van der Waals surface area contributed by atoms with Crippen LogP contribution in [0, 0.1) is 5.41 Å². The summed E-state index contributed by atoms with van der Waals surface area (Å²) in [5.41, 5.74) is 1.50. The SMILES string of the molecule is COc1cccc(C(CNC2CC2)OCCC(C)(C)C)c1. The van der Waals surface area contributed by atoms with Crippen molar-refractivity contribution in [2.24, 2.45) is 5.41 Å². The summed E-state index contributed by atoms with van der Waals surface area (Å²) in [6.45, 7) is 8.41. The van der Waals surface area contributed by atoms with Crippen LogP contribution in [0.5, 0.6) is 5.75 Å². The van der Waals surface area contributed by atoms with Gasteiger partial charge in [0, 0.05) is 19.2 Å². The van der Waals surface area contributed by atoms with Crippen LogP contribution in [-0.4, -0.2) is 26.3 Å². The average Bonchev–Trinajstić information content (AvgIpc) is 3.25. The molecule has 118 valence electrons. The Kier molecular flexibility index (Phi) is 5.65. The van der Waals surface area contributed by atoms with Crippen LogP contribution in [0.2, 0.25) is 0 Å². The molecule has 1 aromatic rings. The van der Waals surface area contributed by atoms with Gasteiger partial charge in [-0.2, -0.15) is 0 Å². The van der Waals surface area contributed by atoms with E-state index >= 15 is 0 Å². The first-order valence-corrected chi connectivity index (χ1v) is 7.97. The molecule has 0 heterocycles. The lowest BCUT2D eigenvalue weighted by Gasteiger charge is -2.23. The third-order valence-corrected chi connectivity index (χ3v) is 3.81. The van der Waals surface area contributed by atoms with Gasteiger partial charge in [0.25, 0.3) is 0 Å². The van der Waals surface area contributed by atoms with Gasteiger partial charge in [-0.1, -0.05) is 32.9 Å². The fourth-order valence-electron chi connectivity index (χ4n) is 2.18. The molecule has 1 aromatic carbocycles. The molecule has 1 aliphatic rings. The van der Waals surface area contributed by atoms with E-state index in [1.54, 1.807) is 7.11 Å². The van der Waals surface area contributed by atoms with Crippen LogP contribution in [0.3, 0.4) is 0 Å². The Balaban J connectivity index is 1.95. The van der Waals surface area contributed by atoms with Crippen LogP contribution in [0.15, 0.2) is 24.3 Å². The van der Waals surface area contributed by atoms with Gasteiger partial charge in [-0.05, 0) is 42.4 Å². The highest BCUT2D eigenvalue weighted by molar-refractivity contribution is 5.30. The van der Waals surface area contributed by atoms with Gasteiger partial charge >= 0.3 is 0 Å². The van der Waals surface area contributed by atoms with Crippen LogP contribution < -0.4 is 10.1 Å². The first-order valence-electron chi connectivity index (χ1n) is 7.97. The van der Waals surface area contributed by atoms with Gasteiger partial charge in [-0.3, -0.25) is 0 Å². The van der Waals surface area contributed by atoms with Crippen molar-refractivity contribution in [3.63, 3.8) is 0 Å². The summed E-state index contributed by atoms with van der Waals surface area (Å²) in [5.74, 6) is 0.892. The van der Waals surface area contributed by atoms with E-state index in [1.165, 1.54) is 18.4 Å². The topological polar surface area (TPSA) is 30.5 Å². The normalized spacial score (nSPS) is 16.8. The fraction of sp³-hybridized carbons (Fsp3) is 0.667. The summed E-state index contributed by atoms with van der Waals surface area (Å²) in [4.78, 5) is 0. The Morgan fingerprint density at radius 3 is 2.67 bits per heavy atom. The zero-order valence-corrected chi connectivity index (χ0v) is 13.8. The summed E-state index contributed by atoms with van der Waals surface area (Å²) >= 11 is 0. The Hall–Kier alpha value is -1.06. The molecule has 0 bridgehead atoms.